The molecule has 1 aliphatic rings. The van der Waals surface area contributed by atoms with E-state index in [2.05, 4.69) is 15.1 Å². The summed E-state index contributed by atoms with van der Waals surface area (Å²) in [4.78, 5) is 8.63. The van der Waals surface area contributed by atoms with E-state index < -0.39 is 0 Å². The molecule has 0 amide bonds. The molecule has 5 nitrogen and oxygen atoms in total. The molecular formula is C12H13N3O2S. The van der Waals surface area contributed by atoms with Gasteiger partial charge in [-0.05, 0) is 18.6 Å². The maximum Gasteiger partial charge on any atom is 0.237 e. The van der Waals surface area contributed by atoms with E-state index in [-0.39, 0.29) is 0 Å². The van der Waals surface area contributed by atoms with Crippen molar-refractivity contribution in [2.24, 2.45) is 0 Å². The van der Waals surface area contributed by atoms with Gasteiger partial charge in [0.15, 0.2) is 5.82 Å². The minimum Gasteiger partial charge on any atom is -0.381 e. The summed E-state index contributed by atoms with van der Waals surface area (Å²) >= 11 is 1.59. The fourth-order valence-corrected chi connectivity index (χ4v) is 2.50. The van der Waals surface area contributed by atoms with Crippen molar-refractivity contribution in [1.82, 2.24) is 15.1 Å². The lowest BCUT2D eigenvalue weighted by atomic mass is 10.1. The fraction of sp³-hybridized carbons (Fsp3) is 0.417. The second-order valence-corrected chi connectivity index (χ2v) is 5.06. The molecule has 94 valence electrons. The molecule has 0 N–H and O–H groups in total. The first kappa shape index (κ1) is 11.7. The third kappa shape index (κ3) is 2.70. The number of nitrogens with zero attached hydrogens (tertiary/aromatic N) is 3. The van der Waals surface area contributed by atoms with Gasteiger partial charge >= 0.3 is 0 Å². The van der Waals surface area contributed by atoms with E-state index in [9.17, 15) is 0 Å². The molecule has 18 heavy (non-hydrogen) atoms. The first-order valence-corrected chi connectivity index (χ1v) is 6.84. The lowest BCUT2D eigenvalue weighted by molar-refractivity contribution is 0.192. The Morgan fingerprint density at radius 1 is 1.39 bits per heavy atom. The Morgan fingerprint density at radius 2 is 2.39 bits per heavy atom. The molecule has 0 spiro atoms. The number of hydrogen-bond acceptors (Lipinski definition) is 6. The van der Waals surface area contributed by atoms with Gasteiger partial charge in [0.05, 0.1) is 17.4 Å². The van der Waals surface area contributed by atoms with Gasteiger partial charge in [0.25, 0.3) is 0 Å². The summed E-state index contributed by atoms with van der Waals surface area (Å²) in [5.74, 6) is 2.36. The smallest absolute Gasteiger partial charge is 0.237 e. The van der Waals surface area contributed by atoms with Crippen molar-refractivity contribution in [2.45, 2.75) is 23.1 Å². The topological polar surface area (TPSA) is 61.0 Å². The normalized spacial score (nSPS) is 19.2. The Balaban J connectivity index is 1.60. The van der Waals surface area contributed by atoms with E-state index in [4.69, 9.17) is 9.26 Å². The Morgan fingerprint density at radius 3 is 3.17 bits per heavy atom. The molecule has 0 unspecified atom stereocenters. The molecule has 2 aromatic rings. The van der Waals surface area contributed by atoms with Gasteiger partial charge in [-0.15, -0.1) is 0 Å². The van der Waals surface area contributed by atoms with E-state index in [1.807, 2.05) is 18.2 Å². The van der Waals surface area contributed by atoms with Crippen LogP contribution < -0.4 is 0 Å². The second-order valence-electron chi connectivity index (χ2n) is 4.06. The Labute approximate surface area is 109 Å². The van der Waals surface area contributed by atoms with Crippen LogP contribution in [0.4, 0.5) is 0 Å². The van der Waals surface area contributed by atoms with Crippen molar-refractivity contribution in [2.75, 3.05) is 13.2 Å². The minimum atomic E-state index is 0.294. The van der Waals surface area contributed by atoms with Crippen LogP contribution in [0.15, 0.2) is 33.9 Å². The lowest BCUT2D eigenvalue weighted by Gasteiger charge is -1.97. The highest BCUT2D eigenvalue weighted by Gasteiger charge is 2.22. The maximum atomic E-state index is 5.31. The zero-order valence-electron chi connectivity index (χ0n) is 9.78. The fourth-order valence-electron chi connectivity index (χ4n) is 1.80. The monoisotopic (exact) mass is 263 g/mol. The Hall–Kier alpha value is -1.40. The van der Waals surface area contributed by atoms with Crippen LogP contribution >= 0.6 is 11.8 Å². The number of hydrogen-bond donors (Lipinski definition) is 0. The summed E-state index contributed by atoms with van der Waals surface area (Å²) in [6.07, 6.45) is 2.75. The number of thioether (sulfide) groups is 1. The summed E-state index contributed by atoms with van der Waals surface area (Å²) in [6, 6.07) is 5.83. The van der Waals surface area contributed by atoms with Crippen LogP contribution in [-0.2, 0) is 10.5 Å². The van der Waals surface area contributed by atoms with Gasteiger partial charge in [-0.25, -0.2) is 4.98 Å². The van der Waals surface area contributed by atoms with Crippen molar-refractivity contribution in [3.63, 3.8) is 0 Å². The van der Waals surface area contributed by atoms with Crippen LogP contribution in [0.1, 0.15) is 24.1 Å². The molecule has 6 heteroatoms. The van der Waals surface area contributed by atoms with Gasteiger partial charge in [0.1, 0.15) is 0 Å². The van der Waals surface area contributed by atoms with Crippen molar-refractivity contribution >= 4 is 11.8 Å². The molecule has 3 heterocycles. The first-order valence-electron chi connectivity index (χ1n) is 5.86. The van der Waals surface area contributed by atoms with Gasteiger partial charge in [-0.2, -0.15) is 4.98 Å². The van der Waals surface area contributed by atoms with Crippen LogP contribution in [0.3, 0.4) is 0 Å². The van der Waals surface area contributed by atoms with Crippen LogP contribution in [0.5, 0.6) is 0 Å². The average Bonchev–Trinajstić information content (AvgIpc) is 3.08. The van der Waals surface area contributed by atoms with Gasteiger partial charge in [0.2, 0.25) is 5.89 Å². The van der Waals surface area contributed by atoms with Crippen LogP contribution in [0, 0.1) is 0 Å². The predicted molar refractivity (Wildman–Crippen MR) is 66.3 cm³/mol. The number of rotatable bonds is 4. The molecule has 0 saturated carbocycles. The average molecular weight is 263 g/mol. The van der Waals surface area contributed by atoms with Crippen molar-refractivity contribution in [3.8, 4) is 0 Å². The number of ether oxygens (including phenoxy) is 1. The van der Waals surface area contributed by atoms with Gasteiger partial charge in [-0.1, -0.05) is 23.0 Å². The summed E-state index contributed by atoms with van der Waals surface area (Å²) in [5.41, 5.74) is 0. The zero-order valence-corrected chi connectivity index (χ0v) is 10.6. The molecule has 0 bridgehead atoms. The number of aromatic nitrogens is 3. The maximum absolute atomic E-state index is 5.31. The molecule has 0 aliphatic carbocycles. The van der Waals surface area contributed by atoms with E-state index in [1.165, 1.54) is 0 Å². The molecule has 1 fully saturated rings. The zero-order chi connectivity index (χ0) is 12.2. The molecule has 1 saturated heterocycles. The Kier molecular flexibility index (Phi) is 3.56. The third-order valence-corrected chi connectivity index (χ3v) is 3.69. The van der Waals surface area contributed by atoms with Gasteiger partial charge in [0, 0.05) is 18.7 Å². The van der Waals surface area contributed by atoms with E-state index in [0.29, 0.717) is 24.2 Å². The predicted octanol–water partition coefficient (Wildman–Crippen LogP) is 2.26. The van der Waals surface area contributed by atoms with E-state index >= 15 is 0 Å². The van der Waals surface area contributed by atoms with Crippen molar-refractivity contribution in [1.29, 1.82) is 0 Å². The van der Waals surface area contributed by atoms with Gasteiger partial charge < -0.3 is 9.26 Å². The first-order chi connectivity index (χ1) is 8.92. The molecule has 1 aliphatic heterocycles. The standard InChI is InChI=1S/C12H13N3O2S/c1-2-5-13-11(3-1)18-8-10-14-12(15-17-10)9-4-6-16-7-9/h1-3,5,9H,4,6-8H2/t9-/m0/s1. The largest absolute Gasteiger partial charge is 0.381 e. The van der Waals surface area contributed by atoms with Crippen LogP contribution in [-0.4, -0.2) is 28.3 Å². The molecule has 3 rings (SSSR count). The van der Waals surface area contributed by atoms with E-state index in [0.717, 1.165) is 23.9 Å². The molecule has 0 radical (unpaired) electrons. The summed E-state index contributed by atoms with van der Waals surface area (Å²) < 4.78 is 10.5. The Bertz CT molecular complexity index is 497. The van der Waals surface area contributed by atoms with E-state index in [1.54, 1.807) is 18.0 Å². The van der Waals surface area contributed by atoms with Crippen LogP contribution in [0.25, 0.3) is 0 Å². The summed E-state index contributed by atoms with van der Waals surface area (Å²) in [6.45, 7) is 1.49. The SMILES string of the molecule is c1ccc(SCc2nc([C@H]3CCOC3)no2)nc1. The molecule has 0 aromatic carbocycles. The highest BCUT2D eigenvalue weighted by atomic mass is 32.2. The second kappa shape index (κ2) is 5.49. The van der Waals surface area contributed by atoms with Crippen molar-refractivity contribution in [3.05, 3.63) is 36.1 Å². The van der Waals surface area contributed by atoms with Gasteiger partial charge in [-0.3, -0.25) is 0 Å². The highest BCUT2D eigenvalue weighted by Crippen LogP contribution is 2.24. The minimum absolute atomic E-state index is 0.294. The molecule has 2 aromatic heterocycles. The summed E-state index contributed by atoms with van der Waals surface area (Å²) in [7, 11) is 0. The van der Waals surface area contributed by atoms with Crippen molar-refractivity contribution < 1.29 is 9.26 Å². The molecule has 1 atom stereocenters. The molecular weight excluding hydrogens is 250 g/mol. The third-order valence-electron chi connectivity index (χ3n) is 2.76. The van der Waals surface area contributed by atoms with Crippen LogP contribution in [0.2, 0.25) is 0 Å². The highest BCUT2D eigenvalue weighted by molar-refractivity contribution is 7.98. The summed E-state index contributed by atoms with van der Waals surface area (Å²) in [5, 5.41) is 4.97. The number of pyridine rings is 1. The lowest BCUT2D eigenvalue weighted by Crippen LogP contribution is -1.99. The quantitative estimate of drug-likeness (QED) is 0.788.